The van der Waals surface area contributed by atoms with Gasteiger partial charge in [0.15, 0.2) is 0 Å². The van der Waals surface area contributed by atoms with Crippen molar-refractivity contribution in [1.82, 2.24) is 5.32 Å². The van der Waals surface area contributed by atoms with Crippen LogP contribution in [0.4, 0.5) is 0 Å². The largest absolute Gasteiger partial charge is 0.464 e. The first-order valence-corrected chi connectivity index (χ1v) is 7.48. The molecule has 2 aromatic rings. The smallest absolute Gasteiger partial charge is 0.234 e. The number of carbonyl (C=O) groups excluding carboxylic acids is 3. The van der Waals surface area contributed by atoms with E-state index in [1.807, 2.05) is 12.1 Å². The van der Waals surface area contributed by atoms with E-state index in [2.05, 4.69) is 5.32 Å². The standard InChI is InChI=1S/C17H15NO4/c19-7-9-5-10-1-2-11-14(8-22-16(11)13(10)6-9)12-3-4-15(20)18-17(12)21/h1-2,7-9,12H,3-6H2,(H,18,20,21). The Balaban J connectivity index is 1.77. The van der Waals surface area contributed by atoms with Crippen molar-refractivity contribution in [2.75, 3.05) is 0 Å². The Morgan fingerprint density at radius 2 is 2.09 bits per heavy atom. The highest BCUT2D eigenvalue weighted by Crippen LogP contribution is 2.38. The zero-order chi connectivity index (χ0) is 15.3. The molecule has 1 fully saturated rings. The van der Waals surface area contributed by atoms with Gasteiger partial charge in [-0.2, -0.15) is 0 Å². The average molecular weight is 297 g/mol. The third-order valence-electron chi connectivity index (χ3n) is 4.73. The molecule has 1 aliphatic heterocycles. The molecule has 4 rings (SSSR count). The topological polar surface area (TPSA) is 76.4 Å². The first-order chi connectivity index (χ1) is 10.7. The van der Waals surface area contributed by atoms with Crippen LogP contribution < -0.4 is 5.32 Å². The summed E-state index contributed by atoms with van der Waals surface area (Å²) >= 11 is 0. The van der Waals surface area contributed by atoms with Gasteiger partial charge < -0.3 is 9.21 Å². The van der Waals surface area contributed by atoms with Crippen molar-refractivity contribution in [2.24, 2.45) is 5.92 Å². The lowest BCUT2D eigenvalue weighted by Gasteiger charge is -2.19. The number of amides is 2. The van der Waals surface area contributed by atoms with Crippen molar-refractivity contribution in [2.45, 2.75) is 31.6 Å². The second-order valence-electron chi connectivity index (χ2n) is 6.08. The van der Waals surface area contributed by atoms with Crippen LogP contribution in [0.5, 0.6) is 0 Å². The Morgan fingerprint density at radius 3 is 2.86 bits per heavy atom. The first kappa shape index (κ1) is 13.2. The van der Waals surface area contributed by atoms with Gasteiger partial charge in [-0.1, -0.05) is 12.1 Å². The number of fused-ring (bicyclic) bond motifs is 3. The van der Waals surface area contributed by atoms with Gasteiger partial charge in [0.1, 0.15) is 11.9 Å². The fourth-order valence-corrected chi connectivity index (χ4v) is 3.60. The minimum atomic E-state index is -0.347. The third kappa shape index (κ3) is 1.89. The molecule has 1 aliphatic carbocycles. The first-order valence-electron chi connectivity index (χ1n) is 7.48. The number of hydrogen-bond donors (Lipinski definition) is 1. The van der Waals surface area contributed by atoms with Crippen molar-refractivity contribution in [1.29, 1.82) is 0 Å². The molecule has 112 valence electrons. The van der Waals surface area contributed by atoms with Crippen LogP contribution >= 0.6 is 0 Å². The lowest BCUT2D eigenvalue weighted by Crippen LogP contribution is -2.39. The van der Waals surface area contributed by atoms with E-state index in [1.165, 1.54) is 0 Å². The van der Waals surface area contributed by atoms with Crippen LogP contribution in [0.2, 0.25) is 0 Å². The monoisotopic (exact) mass is 297 g/mol. The van der Waals surface area contributed by atoms with Gasteiger partial charge in [0.2, 0.25) is 11.8 Å². The van der Waals surface area contributed by atoms with Crippen molar-refractivity contribution in [3.05, 3.63) is 35.1 Å². The summed E-state index contributed by atoms with van der Waals surface area (Å²) in [4.78, 5) is 34.4. The van der Waals surface area contributed by atoms with E-state index in [0.717, 1.165) is 40.4 Å². The maximum atomic E-state index is 12.1. The number of rotatable bonds is 2. The van der Waals surface area contributed by atoms with E-state index in [-0.39, 0.29) is 23.7 Å². The molecular formula is C17H15NO4. The van der Waals surface area contributed by atoms with Crippen LogP contribution in [0, 0.1) is 5.92 Å². The molecule has 0 radical (unpaired) electrons. The van der Waals surface area contributed by atoms with Crippen LogP contribution in [-0.4, -0.2) is 18.1 Å². The van der Waals surface area contributed by atoms with Crippen LogP contribution in [-0.2, 0) is 27.2 Å². The molecule has 2 amide bonds. The Labute approximate surface area is 126 Å². The number of furan rings is 1. The second-order valence-corrected chi connectivity index (χ2v) is 6.08. The Hall–Kier alpha value is -2.43. The van der Waals surface area contributed by atoms with E-state index >= 15 is 0 Å². The Bertz CT molecular complexity index is 804. The van der Waals surface area contributed by atoms with Crippen LogP contribution in [0.25, 0.3) is 11.0 Å². The summed E-state index contributed by atoms with van der Waals surface area (Å²) in [6, 6.07) is 3.98. The predicted octanol–water partition coefficient (Wildman–Crippen LogP) is 1.87. The van der Waals surface area contributed by atoms with Gasteiger partial charge in [0.05, 0.1) is 12.2 Å². The van der Waals surface area contributed by atoms with Crippen LogP contribution in [0.15, 0.2) is 22.8 Å². The average Bonchev–Trinajstić information content (AvgIpc) is 3.09. The molecule has 5 heteroatoms. The van der Waals surface area contributed by atoms with Crippen molar-refractivity contribution >= 4 is 29.1 Å². The molecule has 1 aromatic carbocycles. The van der Waals surface area contributed by atoms with E-state index in [0.29, 0.717) is 19.3 Å². The molecule has 1 aromatic heterocycles. The van der Waals surface area contributed by atoms with E-state index in [9.17, 15) is 14.4 Å². The molecule has 2 atom stereocenters. The van der Waals surface area contributed by atoms with Crippen molar-refractivity contribution in [3.63, 3.8) is 0 Å². The molecule has 2 aliphatic rings. The fourth-order valence-electron chi connectivity index (χ4n) is 3.60. The molecule has 2 unspecified atom stereocenters. The fraction of sp³-hybridized carbons (Fsp3) is 0.353. The summed E-state index contributed by atoms with van der Waals surface area (Å²) in [6.07, 6.45) is 4.92. The van der Waals surface area contributed by atoms with Crippen molar-refractivity contribution in [3.8, 4) is 0 Å². The zero-order valence-corrected chi connectivity index (χ0v) is 11.9. The van der Waals surface area contributed by atoms with Crippen LogP contribution in [0.3, 0.4) is 0 Å². The summed E-state index contributed by atoms with van der Waals surface area (Å²) < 4.78 is 5.73. The molecule has 2 heterocycles. The van der Waals surface area contributed by atoms with E-state index in [4.69, 9.17) is 4.42 Å². The molecule has 5 nitrogen and oxygen atoms in total. The summed E-state index contributed by atoms with van der Waals surface area (Å²) in [6.45, 7) is 0. The highest BCUT2D eigenvalue weighted by molar-refractivity contribution is 6.03. The van der Waals surface area contributed by atoms with E-state index < -0.39 is 0 Å². The van der Waals surface area contributed by atoms with Gasteiger partial charge in [-0.3, -0.25) is 14.9 Å². The summed E-state index contributed by atoms with van der Waals surface area (Å²) in [5.41, 5.74) is 3.83. The number of hydrogen-bond acceptors (Lipinski definition) is 4. The van der Waals surface area contributed by atoms with Gasteiger partial charge in [-0.25, -0.2) is 0 Å². The van der Waals surface area contributed by atoms with Crippen LogP contribution in [0.1, 0.15) is 35.4 Å². The number of carbonyl (C=O) groups is 3. The molecule has 1 N–H and O–H groups in total. The quantitative estimate of drug-likeness (QED) is 0.678. The SMILES string of the molecule is O=CC1Cc2ccc3c(C4CCC(=O)NC4=O)coc3c2C1. The molecule has 0 saturated carbocycles. The summed E-state index contributed by atoms with van der Waals surface area (Å²) in [5.74, 6) is -0.806. The third-order valence-corrected chi connectivity index (χ3v) is 4.73. The highest BCUT2D eigenvalue weighted by atomic mass is 16.3. The lowest BCUT2D eigenvalue weighted by molar-refractivity contribution is -0.134. The lowest BCUT2D eigenvalue weighted by atomic mass is 9.89. The number of imide groups is 1. The predicted molar refractivity (Wildman–Crippen MR) is 78.3 cm³/mol. The maximum absolute atomic E-state index is 12.1. The minimum Gasteiger partial charge on any atom is -0.464 e. The molecule has 22 heavy (non-hydrogen) atoms. The summed E-state index contributed by atoms with van der Waals surface area (Å²) in [7, 11) is 0. The number of piperidine rings is 1. The van der Waals surface area contributed by atoms with Crippen molar-refractivity contribution < 1.29 is 18.8 Å². The minimum absolute atomic E-state index is 0.0183. The van der Waals surface area contributed by atoms with Gasteiger partial charge in [-0.15, -0.1) is 0 Å². The van der Waals surface area contributed by atoms with Gasteiger partial charge in [-0.05, 0) is 30.4 Å². The normalized spacial score (nSPS) is 24.4. The van der Waals surface area contributed by atoms with E-state index in [1.54, 1.807) is 6.26 Å². The number of benzene rings is 1. The highest BCUT2D eigenvalue weighted by Gasteiger charge is 2.32. The Kier molecular flexibility index (Phi) is 2.89. The van der Waals surface area contributed by atoms with Gasteiger partial charge in [0.25, 0.3) is 0 Å². The number of aldehydes is 1. The second kappa shape index (κ2) is 4.80. The zero-order valence-electron chi connectivity index (χ0n) is 11.9. The number of nitrogens with one attached hydrogen (secondary N) is 1. The maximum Gasteiger partial charge on any atom is 0.234 e. The Morgan fingerprint density at radius 1 is 1.23 bits per heavy atom. The molecule has 0 spiro atoms. The molecule has 1 saturated heterocycles. The summed E-state index contributed by atoms with van der Waals surface area (Å²) in [5, 5.41) is 3.30. The molecular weight excluding hydrogens is 282 g/mol. The molecule has 0 bridgehead atoms. The van der Waals surface area contributed by atoms with Gasteiger partial charge >= 0.3 is 0 Å². The van der Waals surface area contributed by atoms with Gasteiger partial charge in [0, 0.05) is 23.3 Å².